The Morgan fingerprint density at radius 1 is 1.60 bits per heavy atom. The largest absolute Gasteiger partial charge is 0.348 e. The number of nitrogens with one attached hydrogen (secondary N) is 1. The minimum atomic E-state index is 0.581. The second-order valence-electron chi connectivity index (χ2n) is 4.71. The number of rotatable bonds is 3. The monoisotopic (exact) mass is 202 g/mol. The number of hydrogen-bond acceptors (Lipinski definition) is 1. The summed E-state index contributed by atoms with van der Waals surface area (Å²) >= 11 is 0. The van der Waals surface area contributed by atoms with Crippen molar-refractivity contribution in [3.63, 3.8) is 0 Å². The lowest BCUT2D eigenvalue weighted by atomic mass is 10.1. The molecule has 2 atom stereocenters. The molecule has 2 heteroatoms. The Morgan fingerprint density at radius 2 is 2.47 bits per heavy atom. The quantitative estimate of drug-likeness (QED) is 0.750. The van der Waals surface area contributed by atoms with E-state index in [1.165, 1.54) is 18.5 Å². The summed E-state index contributed by atoms with van der Waals surface area (Å²) in [7, 11) is 0. The molecule has 1 fully saturated rings. The van der Waals surface area contributed by atoms with Crippen LogP contribution >= 0.6 is 0 Å². The fraction of sp³-hybridized carbons (Fsp3) is 0.615. The van der Waals surface area contributed by atoms with Gasteiger partial charge in [-0.05, 0) is 18.8 Å². The average molecular weight is 202 g/mol. The van der Waals surface area contributed by atoms with Crippen LogP contribution < -0.4 is 0 Å². The molecule has 1 N–H and O–H groups in total. The van der Waals surface area contributed by atoms with Crippen molar-refractivity contribution in [3.05, 3.63) is 18.2 Å². The van der Waals surface area contributed by atoms with Gasteiger partial charge in [0.25, 0.3) is 0 Å². The van der Waals surface area contributed by atoms with Crippen LogP contribution in [0.1, 0.15) is 44.7 Å². The van der Waals surface area contributed by atoms with E-state index in [1.54, 1.807) is 6.33 Å². The van der Waals surface area contributed by atoms with Gasteiger partial charge in [-0.2, -0.15) is 0 Å². The second-order valence-corrected chi connectivity index (χ2v) is 4.71. The van der Waals surface area contributed by atoms with Crippen LogP contribution in [0.15, 0.2) is 12.5 Å². The first-order chi connectivity index (χ1) is 7.27. The van der Waals surface area contributed by atoms with Gasteiger partial charge >= 0.3 is 0 Å². The molecule has 1 aliphatic carbocycles. The van der Waals surface area contributed by atoms with Crippen LogP contribution in [0.2, 0.25) is 0 Å². The lowest BCUT2D eigenvalue weighted by molar-refractivity contribution is 0.599. The Morgan fingerprint density at radius 3 is 3.13 bits per heavy atom. The minimum Gasteiger partial charge on any atom is -0.348 e. The fourth-order valence-corrected chi connectivity index (χ4v) is 1.73. The lowest BCUT2D eigenvalue weighted by Gasteiger charge is -1.96. The molecule has 1 aromatic heterocycles. The highest BCUT2D eigenvalue weighted by atomic mass is 14.9. The zero-order valence-corrected chi connectivity index (χ0v) is 9.46. The van der Waals surface area contributed by atoms with Gasteiger partial charge in [0.15, 0.2) is 0 Å². The van der Waals surface area contributed by atoms with E-state index in [0.29, 0.717) is 11.8 Å². The SMILES string of the molecule is CC(C)CCC#C[C@@H]1C[C@@H]1c1cnc[nH]1. The number of aromatic amines is 1. The Balaban J connectivity index is 1.75. The predicted molar refractivity (Wildman–Crippen MR) is 61.3 cm³/mol. The Bertz CT molecular complexity index is 354. The van der Waals surface area contributed by atoms with Crippen LogP contribution in [0, 0.1) is 23.7 Å². The van der Waals surface area contributed by atoms with E-state index in [-0.39, 0.29) is 0 Å². The molecule has 80 valence electrons. The highest BCUT2D eigenvalue weighted by Crippen LogP contribution is 2.45. The van der Waals surface area contributed by atoms with Crippen molar-refractivity contribution in [2.45, 2.75) is 39.0 Å². The van der Waals surface area contributed by atoms with Gasteiger partial charge < -0.3 is 4.98 Å². The number of imidazole rings is 1. The molecule has 0 bridgehead atoms. The summed E-state index contributed by atoms with van der Waals surface area (Å²) in [5.74, 6) is 8.61. The summed E-state index contributed by atoms with van der Waals surface area (Å²) < 4.78 is 0. The Labute approximate surface area is 91.5 Å². The van der Waals surface area contributed by atoms with E-state index in [4.69, 9.17) is 0 Å². The molecule has 0 spiro atoms. The first-order valence-corrected chi connectivity index (χ1v) is 5.74. The minimum absolute atomic E-state index is 0.581. The molecule has 0 saturated heterocycles. The molecule has 1 heterocycles. The summed E-state index contributed by atoms with van der Waals surface area (Å²) in [6.45, 7) is 4.48. The van der Waals surface area contributed by atoms with Crippen molar-refractivity contribution in [2.24, 2.45) is 11.8 Å². The van der Waals surface area contributed by atoms with Crippen molar-refractivity contribution < 1.29 is 0 Å². The Hall–Kier alpha value is -1.23. The zero-order valence-electron chi connectivity index (χ0n) is 9.46. The molecule has 1 saturated carbocycles. The van der Waals surface area contributed by atoms with Crippen molar-refractivity contribution in [1.82, 2.24) is 9.97 Å². The smallest absolute Gasteiger partial charge is 0.0921 e. The lowest BCUT2D eigenvalue weighted by Crippen LogP contribution is -1.84. The van der Waals surface area contributed by atoms with Crippen molar-refractivity contribution in [2.75, 3.05) is 0 Å². The van der Waals surface area contributed by atoms with Crippen LogP contribution in [0.3, 0.4) is 0 Å². The molecule has 15 heavy (non-hydrogen) atoms. The van der Waals surface area contributed by atoms with Gasteiger partial charge in [0, 0.05) is 30.1 Å². The molecule has 1 aliphatic rings. The van der Waals surface area contributed by atoms with Crippen LogP contribution in [0.5, 0.6) is 0 Å². The van der Waals surface area contributed by atoms with Gasteiger partial charge in [-0.1, -0.05) is 19.8 Å². The summed E-state index contributed by atoms with van der Waals surface area (Å²) in [5, 5.41) is 0. The van der Waals surface area contributed by atoms with Crippen LogP contribution in [-0.4, -0.2) is 9.97 Å². The third kappa shape index (κ3) is 2.86. The number of aromatic nitrogens is 2. The zero-order chi connectivity index (χ0) is 10.7. The first-order valence-electron chi connectivity index (χ1n) is 5.74. The molecular formula is C13H18N2. The molecule has 0 aliphatic heterocycles. The topological polar surface area (TPSA) is 28.7 Å². The second kappa shape index (κ2) is 4.53. The van der Waals surface area contributed by atoms with Crippen molar-refractivity contribution in [3.8, 4) is 11.8 Å². The third-order valence-electron chi connectivity index (χ3n) is 2.84. The predicted octanol–water partition coefficient (Wildman–Crippen LogP) is 2.95. The number of hydrogen-bond donors (Lipinski definition) is 1. The van der Waals surface area contributed by atoms with Crippen LogP contribution in [0.25, 0.3) is 0 Å². The van der Waals surface area contributed by atoms with Gasteiger partial charge in [0.1, 0.15) is 0 Å². The summed E-state index contributed by atoms with van der Waals surface area (Å²) in [6.07, 6.45) is 7.13. The van der Waals surface area contributed by atoms with Crippen LogP contribution in [0.4, 0.5) is 0 Å². The maximum atomic E-state index is 4.03. The third-order valence-corrected chi connectivity index (χ3v) is 2.84. The van der Waals surface area contributed by atoms with E-state index in [9.17, 15) is 0 Å². The fourth-order valence-electron chi connectivity index (χ4n) is 1.73. The summed E-state index contributed by atoms with van der Waals surface area (Å²) in [5.41, 5.74) is 1.25. The average Bonchev–Trinajstić information content (AvgIpc) is 2.76. The molecular weight excluding hydrogens is 184 g/mol. The highest BCUT2D eigenvalue weighted by Gasteiger charge is 2.37. The molecule has 1 aromatic rings. The summed E-state index contributed by atoms with van der Waals surface area (Å²) in [6, 6.07) is 0. The van der Waals surface area contributed by atoms with E-state index in [2.05, 4.69) is 35.7 Å². The molecule has 0 unspecified atom stereocenters. The van der Waals surface area contributed by atoms with E-state index >= 15 is 0 Å². The van der Waals surface area contributed by atoms with E-state index < -0.39 is 0 Å². The summed E-state index contributed by atoms with van der Waals surface area (Å²) in [4.78, 5) is 7.19. The van der Waals surface area contributed by atoms with Gasteiger partial charge in [0.2, 0.25) is 0 Å². The number of nitrogens with zero attached hydrogens (tertiary/aromatic N) is 1. The van der Waals surface area contributed by atoms with Crippen molar-refractivity contribution in [1.29, 1.82) is 0 Å². The van der Waals surface area contributed by atoms with Gasteiger partial charge in [-0.25, -0.2) is 4.98 Å². The molecule has 0 amide bonds. The van der Waals surface area contributed by atoms with E-state index in [0.717, 1.165) is 12.3 Å². The molecule has 0 aromatic carbocycles. The van der Waals surface area contributed by atoms with Crippen molar-refractivity contribution >= 4 is 0 Å². The Kier molecular flexibility index (Phi) is 3.11. The maximum Gasteiger partial charge on any atom is 0.0921 e. The first kappa shape index (κ1) is 10.3. The number of H-pyrrole nitrogens is 1. The molecule has 0 radical (unpaired) electrons. The van der Waals surface area contributed by atoms with Gasteiger partial charge in [0.05, 0.1) is 6.33 Å². The highest BCUT2D eigenvalue weighted by molar-refractivity contribution is 5.24. The maximum absolute atomic E-state index is 4.03. The van der Waals surface area contributed by atoms with Gasteiger partial charge in [-0.15, -0.1) is 5.92 Å². The van der Waals surface area contributed by atoms with Crippen LogP contribution in [-0.2, 0) is 0 Å². The molecule has 2 rings (SSSR count). The molecule has 2 nitrogen and oxygen atoms in total. The normalized spacial score (nSPS) is 23.7. The van der Waals surface area contributed by atoms with E-state index in [1.807, 2.05) is 6.20 Å². The van der Waals surface area contributed by atoms with Gasteiger partial charge in [-0.3, -0.25) is 0 Å². The standard InChI is InChI=1S/C13H18N2/c1-10(2)5-3-4-6-11-7-12(11)13-8-14-9-15-13/h8-12H,3,5,7H2,1-2H3,(H,14,15)/t11-,12+/m1/s1.